The number of carbonyl (C=O) groups excluding carboxylic acids is 1. The summed E-state index contributed by atoms with van der Waals surface area (Å²) in [6.45, 7) is 5.34. The second-order valence-corrected chi connectivity index (χ2v) is 7.82. The molecule has 1 fully saturated rings. The van der Waals surface area contributed by atoms with Gasteiger partial charge in [-0.05, 0) is 37.6 Å². The molecule has 1 atom stereocenters. The summed E-state index contributed by atoms with van der Waals surface area (Å²) in [4.78, 5) is 22.9. The van der Waals surface area contributed by atoms with Gasteiger partial charge in [0.25, 0.3) is 0 Å². The van der Waals surface area contributed by atoms with Crippen LogP contribution in [0.1, 0.15) is 27.2 Å². The zero-order valence-corrected chi connectivity index (χ0v) is 16.8. The fraction of sp³-hybridized carbons (Fsp3) is 0.350. The van der Waals surface area contributed by atoms with E-state index < -0.39 is 5.97 Å². The molecule has 1 N–H and O–H groups in total. The molecular formula is C20H21N3O4S. The van der Waals surface area contributed by atoms with Crippen LogP contribution in [-0.4, -0.2) is 42.4 Å². The van der Waals surface area contributed by atoms with Gasteiger partial charge in [0, 0.05) is 11.3 Å². The number of carbonyl (C=O) groups is 1. The summed E-state index contributed by atoms with van der Waals surface area (Å²) >= 11 is 1.64. The molecular weight excluding hydrogens is 378 g/mol. The Labute approximate surface area is 166 Å². The summed E-state index contributed by atoms with van der Waals surface area (Å²) in [5.41, 5.74) is 2.31. The number of aromatic nitrogens is 2. The average Bonchev–Trinajstić information content (AvgIpc) is 3.31. The molecule has 3 aromatic rings. The predicted molar refractivity (Wildman–Crippen MR) is 108 cm³/mol. The molecule has 0 bridgehead atoms. The van der Waals surface area contributed by atoms with Crippen molar-refractivity contribution in [2.24, 2.45) is 0 Å². The second kappa shape index (κ2) is 7.73. The van der Waals surface area contributed by atoms with Gasteiger partial charge in [0.1, 0.15) is 28.8 Å². The summed E-state index contributed by atoms with van der Waals surface area (Å²) < 4.78 is 16.4. The molecule has 28 heavy (non-hydrogen) atoms. The highest BCUT2D eigenvalue weighted by molar-refractivity contribution is 7.18. The van der Waals surface area contributed by atoms with Crippen LogP contribution in [0.15, 0.2) is 24.5 Å². The minimum atomic E-state index is -0.409. The standard InChI is InChI=1S/C20H21N3O4S/c1-11-12(2)28-19-17(11)18(21-10-22-19)23-15-5-4-13(20(24)25-3)8-16(15)27-14-6-7-26-9-14/h4-5,8,10,14H,6-7,9H2,1-3H3,(H,21,22,23). The van der Waals surface area contributed by atoms with E-state index in [0.717, 1.165) is 27.9 Å². The van der Waals surface area contributed by atoms with Crippen molar-refractivity contribution in [3.63, 3.8) is 0 Å². The quantitative estimate of drug-likeness (QED) is 0.649. The normalized spacial score (nSPS) is 16.3. The van der Waals surface area contributed by atoms with Gasteiger partial charge >= 0.3 is 5.97 Å². The number of fused-ring (bicyclic) bond motifs is 1. The number of nitrogens with one attached hydrogen (secondary N) is 1. The van der Waals surface area contributed by atoms with E-state index in [4.69, 9.17) is 14.2 Å². The zero-order chi connectivity index (χ0) is 19.7. The van der Waals surface area contributed by atoms with E-state index in [1.54, 1.807) is 35.9 Å². The minimum Gasteiger partial charge on any atom is -0.486 e. The Bertz CT molecular complexity index is 1030. The number of thiophene rings is 1. The van der Waals surface area contributed by atoms with Crippen molar-refractivity contribution < 1.29 is 19.0 Å². The maximum atomic E-state index is 12.0. The first-order chi connectivity index (χ1) is 13.6. The first-order valence-corrected chi connectivity index (χ1v) is 9.83. The van der Waals surface area contributed by atoms with Crippen molar-refractivity contribution >= 4 is 39.0 Å². The van der Waals surface area contributed by atoms with Gasteiger partial charge in [-0.1, -0.05) is 0 Å². The van der Waals surface area contributed by atoms with E-state index in [1.807, 2.05) is 0 Å². The van der Waals surface area contributed by atoms with E-state index in [1.165, 1.54) is 12.0 Å². The molecule has 1 aromatic carbocycles. The Balaban J connectivity index is 1.73. The molecule has 0 amide bonds. The van der Waals surface area contributed by atoms with Crippen LogP contribution < -0.4 is 10.1 Å². The van der Waals surface area contributed by atoms with Gasteiger partial charge in [0.05, 0.1) is 37.0 Å². The maximum Gasteiger partial charge on any atom is 0.337 e. The summed E-state index contributed by atoms with van der Waals surface area (Å²) in [5.74, 6) is 0.868. The summed E-state index contributed by atoms with van der Waals surface area (Å²) in [7, 11) is 1.36. The van der Waals surface area contributed by atoms with Crippen molar-refractivity contribution in [2.45, 2.75) is 26.4 Å². The number of hydrogen-bond donors (Lipinski definition) is 1. The lowest BCUT2D eigenvalue weighted by atomic mass is 10.1. The Morgan fingerprint density at radius 1 is 1.32 bits per heavy atom. The van der Waals surface area contributed by atoms with Crippen LogP contribution in [0.5, 0.6) is 5.75 Å². The minimum absolute atomic E-state index is 0.0519. The van der Waals surface area contributed by atoms with Crippen LogP contribution in [0, 0.1) is 13.8 Å². The molecule has 2 aromatic heterocycles. The fourth-order valence-electron chi connectivity index (χ4n) is 3.16. The highest BCUT2D eigenvalue weighted by Gasteiger charge is 2.21. The second-order valence-electron chi connectivity index (χ2n) is 6.62. The number of rotatable bonds is 5. The van der Waals surface area contributed by atoms with Crippen molar-refractivity contribution in [1.29, 1.82) is 0 Å². The molecule has 146 valence electrons. The smallest absolute Gasteiger partial charge is 0.337 e. The summed E-state index contributed by atoms with van der Waals surface area (Å²) in [5, 5.41) is 4.36. The molecule has 4 rings (SSSR count). The fourth-order valence-corrected chi connectivity index (χ4v) is 4.15. The van der Waals surface area contributed by atoms with E-state index in [0.29, 0.717) is 30.3 Å². The van der Waals surface area contributed by atoms with Crippen LogP contribution in [-0.2, 0) is 9.47 Å². The highest BCUT2D eigenvalue weighted by Crippen LogP contribution is 2.36. The molecule has 1 saturated heterocycles. The van der Waals surface area contributed by atoms with E-state index in [-0.39, 0.29) is 6.10 Å². The van der Waals surface area contributed by atoms with Gasteiger partial charge in [-0.2, -0.15) is 0 Å². The van der Waals surface area contributed by atoms with Gasteiger partial charge in [-0.3, -0.25) is 0 Å². The third kappa shape index (κ3) is 3.53. The van der Waals surface area contributed by atoms with E-state index in [9.17, 15) is 4.79 Å². The maximum absolute atomic E-state index is 12.0. The van der Waals surface area contributed by atoms with Crippen molar-refractivity contribution in [3.05, 3.63) is 40.5 Å². The summed E-state index contributed by atoms with van der Waals surface area (Å²) in [6.07, 6.45) is 2.31. The number of benzene rings is 1. The Morgan fingerprint density at radius 3 is 2.93 bits per heavy atom. The molecule has 3 heterocycles. The highest BCUT2D eigenvalue weighted by atomic mass is 32.1. The van der Waals surface area contributed by atoms with Gasteiger partial charge in [0.2, 0.25) is 0 Å². The summed E-state index contributed by atoms with van der Waals surface area (Å²) in [6, 6.07) is 5.20. The molecule has 0 spiro atoms. The molecule has 0 aliphatic carbocycles. The van der Waals surface area contributed by atoms with Crippen molar-refractivity contribution in [3.8, 4) is 5.75 Å². The third-order valence-electron chi connectivity index (χ3n) is 4.80. The molecule has 8 heteroatoms. The number of methoxy groups -OCH3 is 1. The van der Waals surface area contributed by atoms with Gasteiger partial charge < -0.3 is 19.5 Å². The first-order valence-electron chi connectivity index (χ1n) is 9.01. The lowest BCUT2D eigenvalue weighted by molar-refractivity contribution is 0.0600. The largest absolute Gasteiger partial charge is 0.486 e. The van der Waals surface area contributed by atoms with E-state index >= 15 is 0 Å². The van der Waals surface area contributed by atoms with Crippen molar-refractivity contribution in [2.75, 3.05) is 25.6 Å². The number of nitrogens with zero attached hydrogens (tertiary/aromatic N) is 2. The van der Waals surface area contributed by atoms with Crippen LogP contribution in [0.25, 0.3) is 10.2 Å². The number of anilines is 2. The van der Waals surface area contributed by atoms with Crippen LogP contribution in [0.2, 0.25) is 0 Å². The monoisotopic (exact) mass is 399 g/mol. The number of aryl methyl sites for hydroxylation is 2. The van der Waals surface area contributed by atoms with Crippen LogP contribution in [0.3, 0.4) is 0 Å². The topological polar surface area (TPSA) is 82.6 Å². The predicted octanol–water partition coefficient (Wildman–Crippen LogP) is 4.01. The van der Waals surface area contributed by atoms with Gasteiger partial charge in [-0.25, -0.2) is 14.8 Å². The lowest BCUT2D eigenvalue weighted by Gasteiger charge is -2.17. The number of hydrogen-bond acceptors (Lipinski definition) is 8. The van der Waals surface area contributed by atoms with Gasteiger partial charge in [-0.15, -0.1) is 11.3 Å². The first kappa shape index (κ1) is 18.6. The molecule has 1 aliphatic heterocycles. The Morgan fingerprint density at radius 2 is 2.18 bits per heavy atom. The molecule has 1 aliphatic rings. The number of ether oxygens (including phenoxy) is 3. The number of esters is 1. The molecule has 0 radical (unpaired) electrons. The average molecular weight is 399 g/mol. The SMILES string of the molecule is COC(=O)c1ccc(Nc2ncnc3sc(C)c(C)c23)c(OC2CCOC2)c1. The van der Waals surface area contributed by atoms with Crippen molar-refractivity contribution in [1.82, 2.24) is 9.97 Å². The van der Waals surface area contributed by atoms with Gasteiger partial charge in [0.15, 0.2) is 0 Å². The van der Waals surface area contributed by atoms with Crippen LogP contribution >= 0.6 is 11.3 Å². The molecule has 1 unspecified atom stereocenters. The van der Waals surface area contributed by atoms with Crippen LogP contribution in [0.4, 0.5) is 11.5 Å². The molecule has 0 saturated carbocycles. The van der Waals surface area contributed by atoms with E-state index in [2.05, 4.69) is 29.1 Å². The zero-order valence-electron chi connectivity index (χ0n) is 15.9. The third-order valence-corrected chi connectivity index (χ3v) is 5.92. The Kier molecular flexibility index (Phi) is 5.15. The Hall–Kier alpha value is -2.71. The molecule has 7 nitrogen and oxygen atoms in total. The lowest BCUT2D eigenvalue weighted by Crippen LogP contribution is -2.17.